The predicted octanol–water partition coefficient (Wildman–Crippen LogP) is 2.33. The molecule has 0 amide bonds. The summed E-state index contributed by atoms with van der Waals surface area (Å²) in [5.74, 6) is 0.468. The van der Waals surface area contributed by atoms with Gasteiger partial charge < -0.3 is 15.6 Å². The van der Waals surface area contributed by atoms with Crippen molar-refractivity contribution in [1.82, 2.24) is 0 Å². The molecule has 0 saturated carbocycles. The van der Waals surface area contributed by atoms with Gasteiger partial charge in [-0.25, -0.2) is 0 Å². The fourth-order valence-electron chi connectivity index (χ4n) is 0.748. The molecule has 1 radical (unpaired) electrons. The van der Waals surface area contributed by atoms with Gasteiger partial charge in [-0.1, -0.05) is 23.9 Å². The van der Waals surface area contributed by atoms with Crippen LogP contribution in [0.15, 0.2) is 24.3 Å². The van der Waals surface area contributed by atoms with E-state index in [1.807, 2.05) is 19.1 Å². The molecule has 0 aliphatic heterocycles. The molecule has 0 spiro atoms. The molecule has 0 heterocycles. The zero-order chi connectivity index (χ0) is 11.7. The van der Waals surface area contributed by atoms with Crippen molar-refractivity contribution in [1.29, 1.82) is 0 Å². The Morgan fingerprint density at radius 1 is 1.44 bits per heavy atom. The Balaban J connectivity index is 0. The molecule has 0 bridgehead atoms. The zero-order valence-corrected chi connectivity index (χ0v) is 12.4. The molecule has 1 rings (SSSR count). The fraction of sp³-hybridized carbons (Fsp3) is 0.364. The van der Waals surface area contributed by atoms with Crippen molar-refractivity contribution in [3.05, 3.63) is 30.0 Å². The van der Waals surface area contributed by atoms with Crippen LogP contribution >= 0.6 is 0 Å². The van der Waals surface area contributed by atoms with Crippen LogP contribution in [-0.2, 0) is 37.5 Å². The Kier molecular flexibility index (Phi) is 12.4. The van der Waals surface area contributed by atoms with E-state index in [-0.39, 0.29) is 45.1 Å². The molecule has 5 heteroatoms. The third kappa shape index (κ3) is 8.83. The molecule has 0 aliphatic rings. The van der Waals surface area contributed by atoms with E-state index in [1.54, 1.807) is 12.1 Å². The average Bonchev–Trinajstić information content (AvgIpc) is 2.23. The number of rotatable bonds is 3. The summed E-state index contributed by atoms with van der Waals surface area (Å²) < 4.78 is 5.15. The number of carbonyl (C=O) groups excluding carboxylic acids is 1. The maximum atomic E-state index is 9.56. The maximum absolute atomic E-state index is 9.56. The van der Waals surface area contributed by atoms with Gasteiger partial charge in [0.15, 0.2) is 5.78 Å². The number of hydrogen-bond donors (Lipinski definition) is 1. The number of nitrogens with one attached hydrogen (secondary N) is 1. The van der Waals surface area contributed by atoms with Gasteiger partial charge in [0.1, 0.15) is 12.4 Å². The van der Waals surface area contributed by atoms with Gasteiger partial charge in [0.25, 0.3) is 0 Å². The first-order chi connectivity index (χ1) is 7.11. The number of ether oxygens (including phenoxy) is 1. The van der Waals surface area contributed by atoms with E-state index in [0.29, 0.717) is 18.0 Å². The van der Waals surface area contributed by atoms with Crippen LogP contribution in [0, 0.1) is 0 Å². The molecule has 0 unspecified atom stereocenters. The van der Waals surface area contributed by atoms with Gasteiger partial charge >= 0.3 is 0 Å². The smallest absolute Gasteiger partial charge is 0.155 e. The van der Waals surface area contributed by atoms with Crippen LogP contribution in [0.3, 0.4) is 0 Å². The van der Waals surface area contributed by atoms with E-state index in [4.69, 9.17) is 15.6 Å². The second kappa shape index (κ2) is 11.1. The molecule has 1 aromatic carbocycles. The second-order valence-electron chi connectivity index (χ2n) is 2.79. The molecule has 4 nitrogen and oxygen atoms in total. The van der Waals surface area contributed by atoms with Gasteiger partial charge in [0.2, 0.25) is 0 Å². The Labute approximate surface area is 121 Å². The number of Topliss-reactive ketones (excluding diaryl/α,β-unsaturated/α-hetero) is 1. The van der Waals surface area contributed by atoms with E-state index in [2.05, 4.69) is 0 Å². The van der Waals surface area contributed by atoms with Crippen molar-refractivity contribution >= 4 is 11.5 Å². The first-order valence-corrected chi connectivity index (χ1v) is 4.65. The monoisotopic (exact) mass is 299 g/mol. The molecule has 2 N–H and O–H groups in total. The minimum absolute atomic E-state index is 0. The Morgan fingerprint density at radius 3 is 2.31 bits per heavy atom. The fourth-order valence-corrected chi connectivity index (χ4v) is 0.748. The number of para-hydroxylation sites is 1. The summed E-state index contributed by atoms with van der Waals surface area (Å²) in [6, 6.07) is 7.20. The molecular formula is C11H16NO3Y-. The SMILES string of the molecule is CC(=O)CO.CCOc1ccccc1[NH-].[Y]. The average molecular weight is 299 g/mol. The molecule has 87 valence electrons. The topological polar surface area (TPSA) is 70.3 Å². The quantitative estimate of drug-likeness (QED) is 0.931. The molecular weight excluding hydrogens is 283 g/mol. The minimum atomic E-state index is -0.333. The molecule has 0 aliphatic carbocycles. The second-order valence-corrected chi connectivity index (χ2v) is 2.79. The van der Waals surface area contributed by atoms with Crippen molar-refractivity contribution in [2.45, 2.75) is 13.8 Å². The van der Waals surface area contributed by atoms with Crippen LogP contribution in [0.2, 0.25) is 0 Å². The Hall–Kier alpha value is -0.446. The van der Waals surface area contributed by atoms with Gasteiger partial charge in [-0.2, -0.15) is 0 Å². The molecule has 0 saturated heterocycles. The summed E-state index contributed by atoms with van der Waals surface area (Å²) in [5, 5.41) is 7.79. The third-order valence-electron chi connectivity index (χ3n) is 1.41. The third-order valence-corrected chi connectivity index (χ3v) is 1.41. The van der Waals surface area contributed by atoms with Gasteiger partial charge in [-0.05, 0) is 19.9 Å². The summed E-state index contributed by atoms with van der Waals surface area (Å²) in [6.07, 6.45) is 0. The Morgan fingerprint density at radius 2 is 1.94 bits per heavy atom. The standard InChI is InChI=1S/C8H10NO.C3H6O2.Y/c1-2-10-8-6-4-3-5-7(8)9;1-3(5)2-4;/h3-6,9H,2H2,1H3;4H,2H2,1H3;/q-1;;. The molecule has 16 heavy (non-hydrogen) atoms. The summed E-state index contributed by atoms with van der Waals surface area (Å²) in [6.45, 7) is 3.53. The van der Waals surface area contributed by atoms with Crippen LogP contribution in [0.25, 0.3) is 5.73 Å². The number of ketones is 1. The van der Waals surface area contributed by atoms with Crippen molar-refractivity contribution in [3.63, 3.8) is 0 Å². The first kappa shape index (κ1) is 17.9. The van der Waals surface area contributed by atoms with Crippen LogP contribution in [0.1, 0.15) is 13.8 Å². The summed E-state index contributed by atoms with van der Waals surface area (Å²) in [4.78, 5) is 9.56. The number of benzene rings is 1. The summed E-state index contributed by atoms with van der Waals surface area (Å²) in [7, 11) is 0. The normalized spacial score (nSPS) is 8.19. The van der Waals surface area contributed by atoms with Gasteiger partial charge in [-0.15, -0.1) is 0 Å². The van der Waals surface area contributed by atoms with E-state index in [9.17, 15) is 4.79 Å². The molecule has 0 atom stereocenters. The Bertz CT molecular complexity index is 305. The zero-order valence-electron chi connectivity index (χ0n) is 9.56. The van der Waals surface area contributed by atoms with Gasteiger partial charge in [0, 0.05) is 32.7 Å². The number of hydrogen-bond acceptors (Lipinski definition) is 3. The van der Waals surface area contributed by atoms with E-state index in [1.165, 1.54) is 6.92 Å². The first-order valence-electron chi connectivity index (χ1n) is 4.65. The van der Waals surface area contributed by atoms with E-state index < -0.39 is 0 Å². The number of carbonyl (C=O) groups is 1. The predicted molar refractivity (Wildman–Crippen MR) is 59.4 cm³/mol. The summed E-state index contributed by atoms with van der Waals surface area (Å²) >= 11 is 0. The van der Waals surface area contributed by atoms with Crippen molar-refractivity contribution in [2.75, 3.05) is 13.2 Å². The molecule has 0 aromatic heterocycles. The van der Waals surface area contributed by atoms with Crippen molar-refractivity contribution in [3.8, 4) is 5.75 Å². The van der Waals surface area contributed by atoms with Crippen molar-refractivity contribution in [2.24, 2.45) is 0 Å². The molecule has 0 fully saturated rings. The molecule has 1 aromatic rings. The van der Waals surface area contributed by atoms with Crippen LogP contribution < -0.4 is 4.74 Å². The summed E-state index contributed by atoms with van der Waals surface area (Å²) in [5.41, 5.74) is 7.80. The van der Waals surface area contributed by atoms with Crippen LogP contribution in [0.5, 0.6) is 5.75 Å². The van der Waals surface area contributed by atoms with Crippen LogP contribution in [-0.4, -0.2) is 24.1 Å². The van der Waals surface area contributed by atoms with Gasteiger partial charge in [-0.3, -0.25) is 4.79 Å². The largest absolute Gasteiger partial charge is 0.696 e. The van der Waals surface area contributed by atoms with Crippen LogP contribution in [0.4, 0.5) is 5.69 Å². The number of aliphatic hydroxyl groups excluding tert-OH is 1. The number of aliphatic hydroxyl groups is 1. The van der Waals surface area contributed by atoms with E-state index in [0.717, 1.165) is 0 Å². The van der Waals surface area contributed by atoms with Gasteiger partial charge in [0.05, 0.1) is 6.61 Å². The maximum Gasteiger partial charge on any atom is 0.155 e. The van der Waals surface area contributed by atoms with Crippen molar-refractivity contribution < 1.29 is 47.3 Å². The minimum Gasteiger partial charge on any atom is -0.696 e. The van der Waals surface area contributed by atoms with E-state index >= 15 is 0 Å².